The Labute approximate surface area is 179 Å². The number of H-pyrrole nitrogens is 1. The van der Waals surface area contributed by atoms with Gasteiger partial charge in [0, 0.05) is 41.7 Å². The third-order valence-electron chi connectivity index (χ3n) is 4.06. The molecule has 0 saturated carbocycles. The van der Waals surface area contributed by atoms with Crippen LogP contribution in [0.25, 0.3) is 0 Å². The van der Waals surface area contributed by atoms with Gasteiger partial charge in [0.2, 0.25) is 5.96 Å². The number of aliphatic imine (C=N–C) groups is 1. The SMILES string of the molecule is CS(=O)(=O)c1ccccc1NC(=NCCc1cnc[nH]1)NC(=O)c1cccc(Cl)c1. The number of hydrogen-bond donors (Lipinski definition) is 3. The molecule has 2 aromatic carbocycles. The summed E-state index contributed by atoms with van der Waals surface area (Å²) in [6.45, 7) is 0.335. The Morgan fingerprint density at radius 2 is 2.00 bits per heavy atom. The molecule has 30 heavy (non-hydrogen) atoms. The number of para-hydroxylation sites is 1. The number of halogens is 1. The topological polar surface area (TPSA) is 116 Å². The van der Waals surface area contributed by atoms with Crippen LogP contribution in [0, 0.1) is 0 Å². The molecule has 1 amide bonds. The number of aromatic nitrogens is 2. The van der Waals surface area contributed by atoms with Crippen LogP contribution in [0.5, 0.6) is 0 Å². The highest BCUT2D eigenvalue weighted by atomic mass is 35.5. The van der Waals surface area contributed by atoms with Crippen LogP contribution in [0.4, 0.5) is 5.69 Å². The second-order valence-electron chi connectivity index (χ2n) is 6.41. The molecule has 3 rings (SSSR count). The molecule has 0 bridgehead atoms. The Hall–Kier alpha value is -3.17. The molecule has 0 aliphatic heterocycles. The molecule has 0 fully saturated rings. The second-order valence-corrected chi connectivity index (χ2v) is 8.84. The molecular formula is C20H20ClN5O3S. The van der Waals surface area contributed by atoms with Crippen molar-refractivity contribution in [2.24, 2.45) is 4.99 Å². The summed E-state index contributed by atoms with van der Waals surface area (Å²) < 4.78 is 24.2. The highest BCUT2D eigenvalue weighted by molar-refractivity contribution is 7.90. The number of carbonyl (C=O) groups is 1. The number of aromatic amines is 1. The first-order chi connectivity index (χ1) is 14.3. The number of benzene rings is 2. The van der Waals surface area contributed by atoms with Crippen molar-refractivity contribution in [1.82, 2.24) is 15.3 Å². The number of rotatable bonds is 6. The maximum absolute atomic E-state index is 12.6. The van der Waals surface area contributed by atoms with E-state index in [-0.39, 0.29) is 10.9 Å². The number of carbonyl (C=O) groups excluding carboxylic acids is 1. The van der Waals surface area contributed by atoms with Crippen molar-refractivity contribution in [2.45, 2.75) is 11.3 Å². The summed E-state index contributed by atoms with van der Waals surface area (Å²) in [5.41, 5.74) is 1.55. The molecule has 0 saturated heterocycles. The molecular weight excluding hydrogens is 426 g/mol. The van der Waals surface area contributed by atoms with Gasteiger partial charge < -0.3 is 10.3 Å². The van der Waals surface area contributed by atoms with Gasteiger partial charge in [-0.15, -0.1) is 0 Å². The zero-order valence-electron chi connectivity index (χ0n) is 16.1. The molecule has 0 atom stereocenters. The van der Waals surface area contributed by atoms with E-state index in [1.807, 2.05) is 0 Å². The van der Waals surface area contributed by atoms with Crippen LogP contribution in [-0.2, 0) is 16.3 Å². The second kappa shape index (κ2) is 9.55. The fourth-order valence-electron chi connectivity index (χ4n) is 2.65. The van der Waals surface area contributed by atoms with E-state index in [9.17, 15) is 13.2 Å². The summed E-state index contributed by atoms with van der Waals surface area (Å²) >= 11 is 5.96. The zero-order chi connectivity index (χ0) is 21.6. The van der Waals surface area contributed by atoms with E-state index in [2.05, 4.69) is 25.6 Å². The Bertz CT molecular complexity index is 1160. The third-order valence-corrected chi connectivity index (χ3v) is 5.45. The summed E-state index contributed by atoms with van der Waals surface area (Å²) in [6.07, 6.45) is 4.94. The Kier molecular flexibility index (Phi) is 6.86. The number of sulfone groups is 1. The Balaban J connectivity index is 1.85. The van der Waals surface area contributed by atoms with E-state index in [0.717, 1.165) is 11.9 Å². The standard InChI is InChI=1S/C20H20ClN5O3S/c1-30(28,29)18-8-3-2-7-17(18)25-20(23-10-9-16-12-22-13-24-16)26-19(27)14-5-4-6-15(21)11-14/h2-8,11-13H,9-10H2,1H3,(H,22,24)(H2,23,25,26,27). The van der Waals surface area contributed by atoms with Crippen molar-refractivity contribution in [2.75, 3.05) is 18.1 Å². The lowest BCUT2D eigenvalue weighted by molar-refractivity contribution is 0.0977. The summed E-state index contributed by atoms with van der Waals surface area (Å²) in [6, 6.07) is 12.9. The van der Waals surface area contributed by atoms with Gasteiger partial charge in [0.05, 0.1) is 16.9 Å². The molecule has 156 valence electrons. The van der Waals surface area contributed by atoms with Crippen LogP contribution in [0.2, 0.25) is 5.02 Å². The Morgan fingerprint density at radius 1 is 1.20 bits per heavy atom. The Morgan fingerprint density at radius 3 is 2.70 bits per heavy atom. The minimum Gasteiger partial charge on any atom is -0.348 e. The maximum Gasteiger partial charge on any atom is 0.258 e. The molecule has 0 aliphatic carbocycles. The number of hydrogen-bond acceptors (Lipinski definition) is 5. The quantitative estimate of drug-likeness (QED) is 0.398. The van der Waals surface area contributed by atoms with Crippen LogP contribution in [-0.4, -0.2) is 43.1 Å². The average molecular weight is 446 g/mol. The first-order valence-corrected chi connectivity index (χ1v) is 11.2. The molecule has 0 spiro atoms. The van der Waals surface area contributed by atoms with E-state index in [4.69, 9.17) is 11.6 Å². The molecule has 0 radical (unpaired) electrons. The van der Waals surface area contributed by atoms with Crippen molar-refractivity contribution < 1.29 is 13.2 Å². The molecule has 8 nitrogen and oxygen atoms in total. The van der Waals surface area contributed by atoms with Crippen LogP contribution in [0.1, 0.15) is 16.1 Å². The first-order valence-electron chi connectivity index (χ1n) is 8.97. The van der Waals surface area contributed by atoms with E-state index >= 15 is 0 Å². The van der Waals surface area contributed by atoms with Gasteiger partial charge in [-0.05, 0) is 30.3 Å². The summed E-state index contributed by atoms with van der Waals surface area (Å²) in [5.74, 6) is -0.308. The van der Waals surface area contributed by atoms with Crippen molar-refractivity contribution in [3.05, 3.63) is 77.3 Å². The van der Waals surface area contributed by atoms with Gasteiger partial charge in [-0.3, -0.25) is 15.1 Å². The summed E-state index contributed by atoms with van der Waals surface area (Å²) in [7, 11) is -3.48. The maximum atomic E-state index is 12.6. The predicted octanol–water partition coefficient (Wildman–Crippen LogP) is 2.91. The largest absolute Gasteiger partial charge is 0.348 e. The number of imidazole rings is 1. The number of guanidine groups is 1. The monoisotopic (exact) mass is 445 g/mol. The highest BCUT2D eigenvalue weighted by Gasteiger charge is 2.16. The smallest absolute Gasteiger partial charge is 0.258 e. The van der Waals surface area contributed by atoms with Gasteiger partial charge in [-0.2, -0.15) is 0 Å². The van der Waals surface area contributed by atoms with Gasteiger partial charge in [-0.25, -0.2) is 13.4 Å². The highest BCUT2D eigenvalue weighted by Crippen LogP contribution is 2.20. The molecule has 1 aromatic heterocycles. The zero-order valence-corrected chi connectivity index (χ0v) is 17.7. The molecule has 10 heteroatoms. The van der Waals surface area contributed by atoms with Gasteiger partial charge in [0.1, 0.15) is 0 Å². The predicted molar refractivity (Wildman–Crippen MR) is 117 cm³/mol. The number of nitrogens with one attached hydrogen (secondary N) is 3. The van der Waals surface area contributed by atoms with Crippen LogP contribution >= 0.6 is 11.6 Å². The van der Waals surface area contributed by atoms with E-state index in [1.54, 1.807) is 48.9 Å². The lowest BCUT2D eigenvalue weighted by Gasteiger charge is -2.14. The van der Waals surface area contributed by atoms with Crippen molar-refractivity contribution >= 4 is 39.0 Å². The van der Waals surface area contributed by atoms with E-state index in [0.29, 0.717) is 29.2 Å². The lowest BCUT2D eigenvalue weighted by Crippen LogP contribution is -2.36. The summed E-state index contributed by atoms with van der Waals surface area (Å²) in [4.78, 5) is 24.1. The number of amides is 1. The van der Waals surface area contributed by atoms with E-state index in [1.165, 1.54) is 12.1 Å². The van der Waals surface area contributed by atoms with Gasteiger partial charge >= 0.3 is 0 Å². The third kappa shape index (κ3) is 5.91. The minimum absolute atomic E-state index is 0.100. The van der Waals surface area contributed by atoms with E-state index < -0.39 is 15.7 Å². The normalized spacial score (nSPS) is 11.9. The fraction of sp³-hybridized carbons (Fsp3) is 0.150. The number of anilines is 1. The minimum atomic E-state index is -3.48. The van der Waals surface area contributed by atoms with Gasteiger partial charge in [0.15, 0.2) is 9.84 Å². The molecule has 0 unspecified atom stereocenters. The number of nitrogens with zero attached hydrogens (tertiary/aromatic N) is 2. The first kappa shape index (κ1) is 21.5. The molecule has 1 heterocycles. The van der Waals surface area contributed by atoms with Gasteiger partial charge in [0.25, 0.3) is 5.91 Å². The van der Waals surface area contributed by atoms with Crippen molar-refractivity contribution in [3.8, 4) is 0 Å². The molecule has 0 aliphatic rings. The van der Waals surface area contributed by atoms with Crippen molar-refractivity contribution in [3.63, 3.8) is 0 Å². The van der Waals surface area contributed by atoms with Gasteiger partial charge in [-0.1, -0.05) is 29.8 Å². The van der Waals surface area contributed by atoms with Crippen LogP contribution < -0.4 is 10.6 Å². The lowest BCUT2D eigenvalue weighted by atomic mass is 10.2. The van der Waals surface area contributed by atoms with Crippen molar-refractivity contribution in [1.29, 1.82) is 0 Å². The van der Waals surface area contributed by atoms with Crippen LogP contribution in [0.15, 0.2) is 70.9 Å². The molecule has 3 aromatic rings. The molecule has 3 N–H and O–H groups in total. The average Bonchev–Trinajstić information content (AvgIpc) is 3.21. The van der Waals surface area contributed by atoms with Crippen LogP contribution in [0.3, 0.4) is 0 Å². The summed E-state index contributed by atoms with van der Waals surface area (Å²) in [5, 5.41) is 6.04. The fourth-order valence-corrected chi connectivity index (χ4v) is 3.68.